The molecule has 0 N–H and O–H groups in total. The molecule has 0 spiro atoms. The van der Waals surface area contributed by atoms with Crippen molar-refractivity contribution in [1.82, 2.24) is 9.80 Å². The van der Waals surface area contributed by atoms with Crippen molar-refractivity contribution in [2.75, 3.05) is 33.8 Å². The molecule has 0 atom stereocenters. The predicted octanol–water partition coefficient (Wildman–Crippen LogP) is 5.23. The monoisotopic (exact) mass is 1040 g/mol. The maximum absolute atomic E-state index is 11.9. The number of benzene rings is 1. The molecular formula is C23H38N3O4Y7-3. The summed E-state index contributed by atoms with van der Waals surface area (Å²) in [5.74, 6) is 1.87. The number of carbonyl (C=O) groups is 2. The van der Waals surface area contributed by atoms with Crippen LogP contribution in [0.25, 0.3) is 0 Å². The van der Waals surface area contributed by atoms with E-state index in [1.165, 1.54) is 15.7 Å². The van der Waals surface area contributed by atoms with Gasteiger partial charge in [-0.15, -0.1) is 12.1 Å². The molecule has 1 aromatic rings. The number of hydrogen-bond donors (Lipinski definition) is 0. The van der Waals surface area contributed by atoms with Crippen LogP contribution in [0.15, 0.2) is 24.3 Å². The Balaban J connectivity index is -0.0000000588. The molecule has 0 heterocycles. The number of nitriles is 1. The summed E-state index contributed by atoms with van der Waals surface area (Å²) >= 11 is 0. The Bertz CT molecular complexity index is 664. The van der Waals surface area contributed by atoms with E-state index in [0.717, 1.165) is 6.55 Å². The Kier molecular flexibility index (Phi) is 75.5. The Morgan fingerprint density at radius 1 is 0.946 bits per heavy atom. The quantitative estimate of drug-likeness (QED) is 0.378. The smallest absolute Gasteiger partial charge is 0.412 e. The second-order valence-corrected chi connectivity index (χ2v) is 8.06. The molecule has 7 nitrogen and oxygen atoms in total. The number of nitrogens with zero attached hydrogens (tertiary/aromatic N) is 3. The Hall–Kier alpha value is 4.98. The zero-order valence-electron chi connectivity index (χ0n) is 24.9. The Morgan fingerprint density at radius 2 is 1.27 bits per heavy atom. The van der Waals surface area contributed by atoms with Crippen molar-refractivity contribution in [2.45, 2.75) is 41.5 Å². The largest absolute Gasteiger partial charge is 0.449 e. The van der Waals surface area contributed by atoms with Crippen LogP contribution in [0.4, 0.5) is 9.59 Å². The molecule has 7 radical (unpaired) electrons. The van der Waals surface area contributed by atoms with Gasteiger partial charge in [-0.2, -0.15) is 39.0 Å². The van der Waals surface area contributed by atoms with Crippen LogP contribution in [-0.4, -0.2) is 55.8 Å². The van der Waals surface area contributed by atoms with Crippen LogP contribution >= 0.6 is 0 Å². The number of likely N-dealkylation sites (N-methyl/N-ethyl adjacent to an activating group) is 2. The van der Waals surface area contributed by atoms with Crippen LogP contribution in [0.2, 0.25) is 0 Å². The van der Waals surface area contributed by atoms with Gasteiger partial charge in [-0.3, -0.25) is 0 Å². The summed E-state index contributed by atoms with van der Waals surface area (Å²) in [6, 6.07) is 9.49. The predicted molar refractivity (Wildman–Crippen MR) is 121 cm³/mol. The maximum Gasteiger partial charge on any atom is 0.412 e. The van der Waals surface area contributed by atoms with Gasteiger partial charge in [-0.1, -0.05) is 20.8 Å². The molecule has 0 unspecified atom stereocenters. The summed E-state index contributed by atoms with van der Waals surface area (Å²) in [5, 5.41) is 6.99. The van der Waals surface area contributed by atoms with Crippen molar-refractivity contribution in [3.63, 3.8) is 0 Å². The van der Waals surface area contributed by atoms with E-state index in [0.29, 0.717) is 25.4 Å². The normalized spacial score (nSPS) is 7.95. The van der Waals surface area contributed by atoms with Gasteiger partial charge in [0.2, 0.25) is 0 Å². The molecule has 37 heavy (non-hydrogen) atoms. The van der Waals surface area contributed by atoms with Crippen molar-refractivity contribution in [1.29, 1.82) is 5.26 Å². The molecule has 193 valence electrons. The summed E-state index contributed by atoms with van der Waals surface area (Å²) in [6.45, 7) is 14.3. The molecule has 0 aromatic heterocycles. The average molecular weight is 1040 g/mol. The van der Waals surface area contributed by atoms with Crippen LogP contribution in [0.5, 0.6) is 5.75 Å². The molecule has 0 saturated heterocycles. The van der Waals surface area contributed by atoms with E-state index in [1.807, 2.05) is 20.8 Å². The van der Waals surface area contributed by atoms with Crippen molar-refractivity contribution in [2.24, 2.45) is 5.41 Å². The molecule has 1 rings (SSSR count). The first kappa shape index (κ1) is 64.8. The van der Waals surface area contributed by atoms with Gasteiger partial charge in [0.1, 0.15) is 0 Å². The topological polar surface area (TPSA) is 82.9 Å². The van der Waals surface area contributed by atoms with Crippen molar-refractivity contribution >= 4 is 12.2 Å². The van der Waals surface area contributed by atoms with Crippen LogP contribution in [0.1, 0.15) is 42.9 Å². The van der Waals surface area contributed by atoms with Crippen LogP contribution in [0.3, 0.4) is 0 Å². The molecule has 1 aromatic carbocycles. The van der Waals surface area contributed by atoms with E-state index in [9.17, 15) is 9.59 Å². The van der Waals surface area contributed by atoms with E-state index < -0.39 is 12.2 Å². The van der Waals surface area contributed by atoms with Gasteiger partial charge < -0.3 is 32.6 Å². The van der Waals surface area contributed by atoms with Gasteiger partial charge in [0.15, 0.2) is 1.37 Å². The van der Waals surface area contributed by atoms with Crippen molar-refractivity contribution in [3.8, 4) is 12.3 Å². The summed E-state index contributed by atoms with van der Waals surface area (Å²) in [6.07, 6.45) is -0.882. The van der Waals surface area contributed by atoms with Crippen LogP contribution in [0, 0.1) is 36.6 Å². The fourth-order valence-electron chi connectivity index (χ4n) is 1.49. The van der Waals surface area contributed by atoms with Crippen LogP contribution < -0.4 is 4.74 Å². The Morgan fingerprint density at radius 3 is 1.59 bits per heavy atom. The maximum atomic E-state index is 11.9. The zero-order valence-corrected chi connectivity index (χ0v) is 43.8. The summed E-state index contributed by atoms with van der Waals surface area (Å²) in [4.78, 5) is 26.6. The fourth-order valence-corrected chi connectivity index (χ4v) is 1.49. The molecule has 0 aliphatic heterocycles. The third kappa shape index (κ3) is 48.1. The van der Waals surface area contributed by atoms with Crippen molar-refractivity contribution < 1.29 is 249 Å². The second-order valence-electron chi connectivity index (χ2n) is 8.06. The summed E-state index contributed by atoms with van der Waals surface area (Å²) in [7, 11) is 3.25. The van der Waals surface area contributed by atoms with Gasteiger partial charge in [0.05, 0.1) is 6.61 Å². The number of ether oxygens (including phenoxy) is 2. The molecule has 14 heteroatoms. The summed E-state index contributed by atoms with van der Waals surface area (Å²) in [5.41, 5.74) is -0.0792. The SMILES string of the molecule is CN(CCN(C)C(=O)Oc1cc[c-]cc1)C(=O)OCC(C)(C)C.C[C-](C)C.[2H]C#N.[CH3-].[Y].[Y].[Y].[Y].[Y].[Y].[Y]. The first-order valence-corrected chi connectivity index (χ1v) is 9.18. The number of amides is 2. The van der Waals surface area contributed by atoms with Gasteiger partial charge in [0, 0.05) is 268 Å². The number of hydrogen-bond acceptors (Lipinski definition) is 5. The molecule has 0 saturated carbocycles. The second kappa shape index (κ2) is 43.1. The minimum atomic E-state index is -0.479. The number of carbonyl (C=O) groups excluding carboxylic acids is 2. The zero-order chi connectivity index (χ0) is 23.7. The van der Waals surface area contributed by atoms with Gasteiger partial charge in [-0.25, -0.2) is 14.9 Å². The number of rotatable bonds is 5. The van der Waals surface area contributed by atoms with Crippen molar-refractivity contribution in [3.05, 3.63) is 43.7 Å². The van der Waals surface area contributed by atoms with Crippen LogP contribution in [-0.2, 0) is 234 Å². The Labute approximate surface area is 404 Å². The van der Waals surface area contributed by atoms with Gasteiger partial charge in [-0.05, 0) is 5.41 Å². The average Bonchev–Trinajstić information content (AvgIpc) is 2.64. The van der Waals surface area contributed by atoms with E-state index in [-0.39, 0.29) is 242 Å². The van der Waals surface area contributed by atoms with Gasteiger partial charge in [0.25, 0.3) is 0 Å². The minimum Gasteiger partial charge on any atom is -0.449 e. The standard InChI is InChI=1S/C17H25N2O4.C4H9.CHN.CH3.7Y/c1-17(2,3)13-22-15(20)18(4)11-12-19(5)16(21)23-14-9-7-6-8-10-14;1-4(2)3;1-2;;;;;;;;/h7-10H,11-13H2,1-5H3;1-3H3;1H;1H3;;;;;;;/q2*-1;;-1;;;;;;;/i;;1D;;;;;;;;. The van der Waals surface area contributed by atoms with E-state index in [4.69, 9.17) is 16.1 Å². The first-order chi connectivity index (χ1) is 13.8. The molecule has 0 aliphatic carbocycles. The fraction of sp³-hybridized carbons (Fsp3) is 0.522. The first-order valence-electron chi connectivity index (χ1n) is 9.68. The van der Waals surface area contributed by atoms with E-state index in [2.05, 4.69) is 26.8 Å². The third-order valence-corrected chi connectivity index (χ3v) is 2.92. The summed E-state index contributed by atoms with van der Waals surface area (Å²) < 4.78 is 15.9. The van der Waals surface area contributed by atoms with Gasteiger partial charge >= 0.3 is 12.2 Å². The van der Waals surface area contributed by atoms with E-state index in [1.54, 1.807) is 38.4 Å². The molecule has 2 amide bonds. The third-order valence-electron chi connectivity index (χ3n) is 2.92. The minimum absolute atomic E-state index is 0. The molecule has 0 bridgehead atoms. The van der Waals surface area contributed by atoms with E-state index >= 15 is 0 Å². The molecule has 0 aliphatic rings. The molecular weight excluding hydrogens is 1000 g/mol. The molecule has 0 fully saturated rings.